The van der Waals surface area contributed by atoms with Gasteiger partial charge in [-0.3, -0.25) is 72.3 Å². The predicted molar refractivity (Wildman–Crippen MR) is 364 cm³/mol. The lowest BCUT2D eigenvalue weighted by atomic mass is 10.1. The Labute approximate surface area is 594 Å². The second kappa shape index (κ2) is 44.1. The second-order valence-corrected chi connectivity index (χ2v) is 31.8. The molecule has 1 aliphatic heterocycles. The van der Waals surface area contributed by atoms with E-state index in [2.05, 4.69) is 31.9 Å². The Hall–Kier alpha value is -9.47. The zero-order chi connectivity index (χ0) is 78.0. The van der Waals surface area contributed by atoms with Crippen LogP contribution in [0.4, 0.5) is 8.90 Å². The van der Waals surface area contributed by atoms with Crippen LogP contribution in [0, 0.1) is 0 Å². The molecule has 1 aromatic rings. The lowest BCUT2D eigenvalue weighted by Crippen LogP contribution is -2.57. The van der Waals surface area contributed by atoms with E-state index in [-0.39, 0.29) is 129 Å². The molecule has 0 radical (unpaired) electrons. The van der Waals surface area contributed by atoms with E-state index in [1.54, 1.807) is 12.1 Å². The minimum atomic E-state index is -3.72. The van der Waals surface area contributed by atoms with Crippen LogP contribution >= 0.6 is 0 Å². The summed E-state index contributed by atoms with van der Waals surface area (Å²) in [5.74, 6) is -17.2. The third kappa shape index (κ3) is 33.9. The molecule has 39 heteroatoms. The number of aliphatic carboxylic acids is 9. The van der Waals surface area contributed by atoms with Crippen LogP contribution in [0.3, 0.4) is 0 Å². The molecule has 8 amide bonds. The van der Waals surface area contributed by atoms with E-state index in [1.165, 1.54) is 31.7 Å². The van der Waals surface area contributed by atoms with Crippen molar-refractivity contribution in [3.8, 4) is 0 Å². The smallest absolute Gasteiger partial charge is 0.326 e. The van der Waals surface area contributed by atoms with Gasteiger partial charge in [0.2, 0.25) is 29.5 Å². The number of hydrogen-bond donors (Lipinski definition) is 17. The summed E-state index contributed by atoms with van der Waals surface area (Å²) in [7, 11) is -3.72. The molecule has 37 nitrogen and oxygen atoms in total. The van der Waals surface area contributed by atoms with Crippen molar-refractivity contribution in [3.63, 3.8) is 0 Å². The highest BCUT2D eigenvalue weighted by molar-refractivity contribution is 6.90. The molecular formula is C64H101FN12O25Si. The molecular weight excluding hydrogens is 1380 g/mol. The van der Waals surface area contributed by atoms with E-state index in [1.807, 2.05) is 52.2 Å². The lowest BCUT2D eigenvalue weighted by Gasteiger charge is -2.44. The molecule has 103 heavy (non-hydrogen) atoms. The molecule has 1 saturated heterocycles. The summed E-state index contributed by atoms with van der Waals surface area (Å²) in [5.41, 5.74) is 0.135. The van der Waals surface area contributed by atoms with E-state index in [0.29, 0.717) is 5.19 Å². The van der Waals surface area contributed by atoms with Crippen molar-refractivity contribution in [3.05, 3.63) is 29.8 Å². The van der Waals surface area contributed by atoms with Crippen LogP contribution in [0.1, 0.15) is 142 Å². The average molecular weight is 1490 g/mol. The van der Waals surface area contributed by atoms with Gasteiger partial charge in [0.15, 0.2) is 0 Å². The Balaban J connectivity index is 2.14. The van der Waals surface area contributed by atoms with Crippen LogP contribution in [0.2, 0.25) is 10.1 Å². The van der Waals surface area contributed by atoms with Crippen molar-refractivity contribution in [1.82, 2.24) is 62.1 Å². The number of carboxylic acids is 9. The van der Waals surface area contributed by atoms with Crippen LogP contribution in [-0.4, -0.2) is 297 Å². The van der Waals surface area contributed by atoms with E-state index in [9.17, 15) is 118 Å². The molecule has 578 valence electrons. The van der Waals surface area contributed by atoms with Gasteiger partial charge in [-0.2, -0.15) is 0 Å². The number of halogens is 1. The molecule has 0 aliphatic carbocycles. The average Bonchev–Trinajstić information content (AvgIpc) is 0.748. The second-order valence-electron chi connectivity index (χ2n) is 26.9. The number of carbonyl (C=O) groups is 16. The number of amides is 8. The van der Waals surface area contributed by atoms with Crippen LogP contribution in [0.25, 0.3) is 0 Å². The maximum atomic E-state index is 17.1. The number of rotatable bonds is 44. The summed E-state index contributed by atoms with van der Waals surface area (Å²) in [6.07, 6.45) is -4.45. The topological polar surface area (TPSA) is 564 Å². The molecule has 0 unspecified atom stereocenters. The summed E-state index contributed by atoms with van der Waals surface area (Å²) in [5, 5.41) is 105. The lowest BCUT2D eigenvalue weighted by molar-refractivity contribution is -0.145. The van der Waals surface area contributed by atoms with E-state index in [0.717, 1.165) is 0 Å². The zero-order valence-electron chi connectivity index (χ0n) is 58.8. The van der Waals surface area contributed by atoms with Gasteiger partial charge in [0, 0.05) is 110 Å². The summed E-state index contributed by atoms with van der Waals surface area (Å²) in [4.78, 5) is 204. The third-order valence-electron chi connectivity index (χ3n) is 16.9. The fraction of sp³-hybridized carbons (Fsp3) is 0.656. The predicted octanol–water partition coefficient (Wildman–Crippen LogP) is -1.33. The number of carbonyl (C=O) groups excluding carboxylic acids is 7. The Bertz CT molecular complexity index is 3070. The number of carboxylic acid groups (broad SMARTS) is 9. The first-order chi connectivity index (χ1) is 48.0. The van der Waals surface area contributed by atoms with E-state index >= 15 is 4.11 Å². The molecule has 1 fully saturated rings. The van der Waals surface area contributed by atoms with Crippen LogP contribution < -0.4 is 47.7 Å². The fourth-order valence-corrected chi connectivity index (χ4v) is 16.2. The quantitative estimate of drug-likeness (QED) is 0.0205. The molecule has 0 spiro atoms. The standard InChI is InChI=1S/C64H101FN12O25Si/c1-63(2,3)103(65,64(4,5)6)40-14-12-39(13-15-40)55(90)68-27-24-41(69-50(81)20-18-46(61(100)101)77-34-32-75(37-53(86)87)30-28-74(36-52(84)85)29-31-76(33-35-77)38-54(88)89)56(91)71-43(58(94)95)10-7-8-25-66-47(78)21-22-48(79)67-26-9-11-42(57(92)93)70-49(80)19-16-44(59(96)97)72-62(102)73-45(60(98)99)17-23-51(82)83/h12-15,41-46H,7-11,16-38H2,1-6H3,(H,66,78)(H,67,79)(H,68,90)(H,69,81)(H,70,80)(H,71,91)(H,82,83)(H,84,85)(H,86,87)(H,88,89)(H,92,93)(H,94,95)(H,96,97)(H,98,99)(H,100,101)(H2,72,73,102)/t41-,42+,43+,44-,45-,46+/m0/s1. The molecule has 6 atom stereocenters. The maximum absolute atomic E-state index is 17.1. The first kappa shape index (κ1) is 89.6. The molecule has 1 aromatic carbocycles. The number of urea groups is 1. The minimum Gasteiger partial charge on any atom is -0.481 e. The van der Waals surface area contributed by atoms with Crippen LogP contribution in [0.15, 0.2) is 24.3 Å². The number of nitrogens with zero attached hydrogens (tertiary/aromatic N) is 4. The summed E-state index contributed by atoms with van der Waals surface area (Å²) in [6, 6.07) is -4.75. The largest absolute Gasteiger partial charge is 0.481 e. The number of unbranched alkanes of at least 4 members (excludes halogenated alkanes) is 1. The third-order valence-corrected chi connectivity index (χ3v) is 22.1. The maximum Gasteiger partial charge on any atom is 0.326 e. The Morgan fingerprint density at radius 1 is 0.398 bits per heavy atom. The molecule has 2 rings (SSSR count). The van der Waals surface area contributed by atoms with Crippen molar-refractivity contribution in [2.45, 2.75) is 178 Å². The highest BCUT2D eigenvalue weighted by Gasteiger charge is 2.56. The number of benzene rings is 1. The van der Waals surface area contributed by atoms with Gasteiger partial charge < -0.3 is 92.6 Å². The molecule has 1 aliphatic rings. The van der Waals surface area contributed by atoms with Crippen molar-refractivity contribution < 1.29 is 127 Å². The zero-order valence-corrected chi connectivity index (χ0v) is 59.8. The number of hydrogen-bond acceptors (Lipinski definition) is 20. The Morgan fingerprint density at radius 3 is 1.20 bits per heavy atom. The summed E-state index contributed by atoms with van der Waals surface area (Å²) >= 11 is 0. The van der Waals surface area contributed by atoms with Gasteiger partial charge in [0.25, 0.3) is 14.3 Å². The highest BCUT2D eigenvalue weighted by atomic mass is 28.4. The molecule has 0 saturated carbocycles. The van der Waals surface area contributed by atoms with Crippen molar-refractivity contribution in [2.24, 2.45) is 0 Å². The van der Waals surface area contributed by atoms with Gasteiger partial charge in [-0.1, -0.05) is 53.7 Å². The summed E-state index contributed by atoms with van der Waals surface area (Å²) < 4.78 is 17.1. The monoisotopic (exact) mass is 1480 g/mol. The Morgan fingerprint density at radius 2 is 0.786 bits per heavy atom. The first-order valence-electron chi connectivity index (χ1n) is 33.5. The van der Waals surface area contributed by atoms with Crippen molar-refractivity contribution >= 4 is 109 Å². The first-order valence-corrected chi connectivity index (χ1v) is 35.4. The van der Waals surface area contributed by atoms with Gasteiger partial charge in [0.05, 0.1) is 19.6 Å². The molecule has 0 bridgehead atoms. The molecule has 17 N–H and O–H groups in total. The summed E-state index contributed by atoms with van der Waals surface area (Å²) in [6.45, 7) is 9.03. The van der Waals surface area contributed by atoms with Crippen LogP contribution in [-0.2, 0) is 67.1 Å². The number of nitrogens with one attached hydrogen (secondary N) is 8. The Kier molecular flexibility index (Phi) is 38.4. The normalized spacial score (nSPS) is 15.6. The van der Waals surface area contributed by atoms with Gasteiger partial charge in [-0.05, 0) is 85.2 Å². The van der Waals surface area contributed by atoms with Gasteiger partial charge in [0.1, 0.15) is 36.3 Å². The minimum absolute atomic E-state index is 0.000950. The van der Waals surface area contributed by atoms with Crippen LogP contribution in [0.5, 0.6) is 0 Å². The van der Waals surface area contributed by atoms with Gasteiger partial charge in [-0.25, -0.2) is 24.0 Å². The fourth-order valence-electron chi connectivity index (χ4n) is 11.6. The SMILES string of the molecule is CC(C)(C)[Si](F)(c1ccc(C(=O)NCC[C@H](NC(=O)CC[C@H](C(=O)O)N2CCN(CC(=O)O)CCN(CC(=O)O)CCN(CC(=O)O)CC2)C(=O)N[C@H](CCCCNC(=O)CCC(=O)NCCC[C@@H](NC(=O)CC[C@H](NC(=O)N[C@@H](CCC(=O)O)C(=O)O)C(=O)O)C(=O)O)C(=O)O)cc1)C(C)(C)C. The van der Waals surface area contributed by atoms with E-state index < -0.39 is 208 Å². The molecule has 0 aromatic heterocycles. The molecule has 1 heterocycles. The highest BCUT2D eigenvalue weighted by Crippen LogP contribution is 2.51. The van der Waals surface area contributed by atoms with Crippen molar-refractivity contribution in [1.29, 1.82) is 0 Å². The van der Waals surface area contributed by atoms with Crippen molar-refractivity contribution in [2.75, 3.05) is 91.6 Å². The van der Waals surface area contributed by atoms with E-state index in [4.69, 9.17) is 5.11 Å². The van der Waals surface area contributed by atoms with Gasteiger partial charge >= 0.3 is 59.8 Å². The van der Waals surface area contributed by atoms with Gasteiger partial charge in [-0.15, -0.1) is 0 Å².